The molecule has 0 unspecified atom stereocenters. The highest BCUT2D eigenvalue weighted by Gasteiger charge is 1.94. The monoisotopic (exact) mass is 170 g/mol. The normalized spacial score (nSPS) is 9.91. The molecular formula is C7H10N2OS. The molecule has 0 fully saturated rings. The predicted molar refractivity (Wildman–Crippen MR) is 46.0 cm³/mol. The molecule has 0 radical (unpaired) electrons. The molecule has 4 heteroatoms. The first-order valence-electron chi connectivity index (χ1n) is 3.33. The van der Waals surface area contributed by atoms with E-state index in [4.69, 9.17) is 0 Å². The highest BCUT2D eigenvalue weighted by Crippen LogP contribution is 1.97. The molecule has 1 aromatic rings. The van der Waals surface area contributed by atoms with Crippen LogP contribution in [0.15, 0.2) is 12.4 Å². The molecule has 11 heavy (non-hydrogen) atoms. The second kappa shape index (κ2) is 4.18. The zero-order valence-electron chi connectivity index (χ0n) is 6.36. The van der Waals surface area contributed by atoms with Crippen LogP contribution in [0.2, 0.25) is 0 Å². The van der Waals surface area contributed by atoms with Crippen molar-refractivity contribution in [2.45, 2.75) is 6.54 Å². The molecule has 0 N–H and O–H groups in total. The number of carbonyl (C=O) groups excluding carboxylic acids is 1. The van der Waals surface area contributed by atoms with Crippen molar-refractivity contribution in [2.75, 3.05) is 12.0 Å². The van der Waals surface area contributed by atoms with Gasteiger partial charge in [0.05, 0.1) is 11.8 Å². The molecule has 0 aromatic carbocycles. The molecule has 1 aromatic heterocycles. The Labute approximate surface area is 69.8 Å². The first-order chi connectivity index (χ1) is 5.36. The van der Waals surface area contributed by atoms with Gasteiger partial charge in [0.2, 0.25) is 0 Å². The highest BCUT2D eigenvalue weighted by atomic mass is 32.2. The van der Waals surface area contributed by atoms with Gasteiger partial charge < -0.3 is 0 Å². The fraction of sp³-hybridized carbons (Fsp3) is 0.429. The Morgan fingerprint density at radius 3 is 3.18 bits per heavy atom. The number of thioether (sulfide) groups is 1. The number of rotatable bonds is 4. The molecule has 1 heterocycles. The van der Waals surface area contributed by atoms with Gasteiger partial charge in [0.1, 0.15) is 0 Å². The summed E-state index contributed by atoms with van der Waals surface area (Å²) in [6.07, 6.45) is 6.18. The quantitative estimate of drug-likeness (QED) is 0.634. The minimum atomic E-state index is 0.645. The van der Waals surface area contributed by atoms with Crippen LogP contribution >= 0.6 is 11.8 Å². The van der Waals surface area contributed by atoms with Crippen molar-refractivity contribution in [1.82, 2.24) is 9.78 Å². The fourth-order valence-corrected chi connectivity index (χ4v) is 1.12. The van der Waals surface area contributed by atoms with Gasteiger partial charge in [-0.2, -0.15) is 16.9 Å². The molecular weight excluding hydrogens is 160 g/mol. The summed E-state index contributed by atoms with van der Waals surface area (Å²) in [4.78, 5) is 10.2. The summed E-state index contributed by atoms with van der Waals surface area (Å²) < 4.78 is 1.78. The molecule has 60 valence electrons. The topological polar surface area (TPSA) is 34.9 Å². The first-order valence-corrected chi connectivity index (χ1v) is 4.73. The van der Waals surface area contributed by atoms with Gasteiger partial charge in [0.15, 0.2) is 6.29 Å². The standard InChI is InChI=1S/C7H10N2OS/c1-11-3-2-9-5-7(6-10)4-8-9/h4-6H,2-3H2,1H3. The molecule has 0 atom stereocenters. The summed E-state index contributed by atoms with van der Waals surface area (Å²) in [5, 5.41) is 4.00. The lowest BCUT2D eigenvalue weighted by atomic mass is 10.4. The van der Waals surface area contributed by atoms with Gasteiger partial charge in [-0.3, -0.25) is 9.48 Å². The third-order valence-corrected chi connectivity index (χ3v) is 1.90. The summed E-state index contributed by atoms with van der Waals surface area (Å²) in [7, 11) is 0. The van der Waals surface area contributed by atoms with E-state index in [1.54, 1.807) is 28.8 Å². The van der Waals surface area contributed by atoms with Crippen LogP contribution < -0.4 is 0 Å². The van der Waals surface area contributed by atoms with Gasteiger partial charge in [-0.05, 0) is 6.26 Å². The van der Waals surface area contributed by atoms with Crippen LogP contribution in [-0.2, 0) is 6.54 Å². The van der Waals surface area contributed by atoms with Crippen LogP contribution in [-0.4, -0.2) is 28.1 Å². The van der Waals surface area contributed by atoms with Crippen molar-refractivity contribution in [2.24, 2.45) is 0 Å². The first kappa shape index (κ1) is 8.33. The summed E-state index contributed by atoms with van der Waals surface area (Å²) in [5.41, 5.74) is 0.645. The van der Waals surface area contributed by atoms with E-state index >= 15 is 0 Å². The Bertz CT molecular complexity index is 234. The average Bonchev–Trinajstić information content (AvgIpc) is 2.48. The maximum absolute atomic E-state index is 10.2. The van der Waals surface area contributed by atoms with E-state index < -0.39 is 0 Å². The second-order valence-corrected chi connectivity index (χ2v) is 3.13. The number of aromatic nitrogens is 2. The third-order valence-electron chi connectivity index (χ3n) is 1.31. The molecule has 0 aliphatic carbocycles. The lowest BCUT2D eigenvalue weighted by molar-refractivity contribution is 0.112. The molecule has 0 bridgehead atoms. The SMILES string of the molecule is CSCCn1cc(C=O)cn1. The van der Waals surface area contributed by atoms with Gasteiger partial charge in [0, 0.05) is 18.5 Å². The number of carbonyl (C=O) groups is 1. The largest absolute Gasteiger partial charge is 0.298 e. The van der Waals surface area contributed by atoms with Crippen LogP contribution in [0, 0.1) is 0 Å². The van der Waals surface area contributed by atoms with Crippen molar-refractivity contribution in [3.63, 3.8) is 0 Å². The van der Waals surface area contributed by atoms with Gasteiger partial charge >= 0.3 is 0 Å². The Hall–Kier alpha value is -0.770. The zero-order valence-corrected chi connectivity index (χ0v) is 7.17. The minimum absolute atomic E-state index is 0.645. The van der Waals surface area contributed by atoms with E-state index in [1.165, 1.54) is 0 Å². The van der Waals surface area contributed by atoms with Gasteiger partial charge in [-0.25, -0.2) is 0 Å². The van der Waals surface area contributed by atoms with E-state index in [9.17, 15) is 4.79 Å². The average molecular weight is 170 g/mol. The summed E-state index contributed by atoms with van der Waals surface area (Å²) in [6, 6.07) is 0. The predicted octanol–water partition coefficient (Wildman–Crippen LogP) is 1.06. The van der Waals surface area contributed by atoms with Crippen LogP contribution in [0.1, 0.15) is 10.4 Å². The Morgan fingerprint density at radius 1 is 1.82 bits per heavy atom. The minimum Gasteiger partial charge on any atom is -0.298 e. The molecule has 0 aliphatic rings. The van der Waals surface area contributed by atoms with E-state index in [-0.39, 0.29) is 0 Å². The third kappa shape index (κ3) is 2.38. The second-order valence-electron chi connectivity index (χ2n) is 2.15. The van der Waals surface area contributed by atoms with Crippen molar-refractivity contribution in [3.05, 3.63) is 18.0 Å². The van der Waals surface area contributed by atoms with Gasteiger partial charge in [-0.1, -0.05) is 0 Å². The smallest absolute Gasteiger partial charge is 0.153 e. The Kier molecular flexibility index (Phi) is 3.16. The van der Waals surface area contributed by atoms with Crippen LogP contribution in [0.25, 0.3) is 0 Å². The van der Waals surface area contributed by atoms with Gasteiger partial charge in [-0.15, -0.1) is 0 Å². The van der Waals surface area contributed by atoms with Crippen molar-refractivity contribution < 1.29 is 4.79 Å². The van der Waals surface area contributed by atoms with Crippen LogP contribution in [0.5, 0.6) is 0 Å². The van der Waals surface area contributed by atoms with E-state index in [0.717, 1.165) is 18.6 Å². The maximum Gasteiger partial charge on any atom is 0.153 e. The number of aldehydes is 1. The molecule has 1 rings (SSSR count). The number of hydrogen-bond acceptors (Lipinski definition) is 3. The summed E-state index contributed by atoms with van der Waals surface area (Å²) >= 11 is 1.76. The molecule has 0 saturated heterocycles. The van der Waals surface area contributed by atoms with E-state index in [2.05, 4.69) is 5.10 Å². The Balaban J connectivity index is 2.51. The van der Waals surface area contributed by atoms with Gasteiger partial charge in [0.25, 0.3) is 0 Å². The lowest BCUT2D eigenvalue weighted by Gasteiger charge is -1.96. The molecule has 0 amide bonds. The van der Waals surface area contributed by atoms with E-state index in [0.29, 0.717) is 5.56 Å². The summed E-state index contributed by atoms with van der Waals surface area (Å²) in [5.74, 6) is 1.03. The lowest BCUT2D eigenvalue weighted by Crippen LogP contribution is -1.99. The molecule has 0 spiro atoms. The Morgan fingerprint density at radius 2 is 2.64 bits per heavy atom. The number of nitrogens with zero attached hydrogens (tertiary/aromatic N) is 2. The molecule has 0 saturated carbocycles. The van der Waals surface area contributed by atoms with Crippen LogP contribution in [0.4, 0.5) is 0 Å². The fourth-order valence-electron chi connectivity index (χ4n) is 0.748. The maximum atomic E-state index is 10.2. The van der Waals surface area contributed by atoms with Crippen LogP contribution in [0.3, 0.4) is 0 Å². The molecule has 3 nitrogen and oxygen atoms in total. The van der Waals surface area contributed by atoms with Crippen molar-refractivity contribution in [1.29, 1.82) is 0 Å². The number of aryl methyl sites for hydroxylation is 1. The summed E-state index contributed by atoms with van der Waals surface area (Å²) in [6.45, 7) is 0.870. The van der Waals surface area contributed by atoms with Crippen molar-refractivity contribution in [3.8, 4) is 0 Å². The highest BCUT2D eigenvalue weighted by molar-refractivity contribution is 7.98. The van der Waals surface area contributed by atoms with E-state index in [1.807, 2.05) is 6.26 Å². The molecule has 0 aliphatic heterocycles. The van der Waals surface area contributed by atoms with Crippen molar-refractivity contribution >= 4 is 18.0 Å². The number of hydrogen-bond donors (Lipinski definition) is 0. The zero-order chi connectivity index (χ0) is 8.10.